The summed E-state index contributed by atoms with van der Waals surface area (Å²) in [6.07, 6.45) is 2.20. The minimum atomic E-state index is -0.861. The van der Waals surface area contributed by atoms with Gasteiger partial charge >= 0.3 is 5.97 Å². The average molecular weight is 422 g/mol. The van der Waals surface area contributed by atoms with Crippen molar-refractivity contribution >= 4 is 28.6 Å². The first-order chi connectivity index (χ1) is 10.9. The smallest absolute Gasteiger partial charge is 0.342 e. The Morgan fingerprint density at radius 1 is 1.43 bits per heavy atom. The molecule has 1 aromatic rings. The molecule has 1 aromatic carbocycles. The van der Waals surface area contributed by atoms with Gasteiger partial charge in [-0.15, -0.1) is 0 Å². The van der Waals surface area contributed by atoms with Crippen molar-refractivity contribution in [1.29, 1.82) is 5.26 Å². The van der Waals surface area contributed by atoms with Crippen molar-refractivity contribution in [2.75, 3.05) is 0 Å². The molecule has 114 valence electrons. The Labute approximate surface area is 143 Å². The molecular weight excluding hydrogens is 415 g/mol. The fourth-order valence-corrected chi connectivity index (χ4v) is 3.37. The topological polar surface area (TPSA) is 113 Å². The summed E-state index contributed by atoms with van der Waals surface area (Å²) in [6.45, 7) is 0. The summed E-state index contributed by atoms with van der Waals surface area (Å²) in [5, 5.41) is 29.8. The maximum atomic E-state index is 12.3. The number of aromatic hydroxyl groups is 1. The predicted octanol–water partition coefficient (Wildman–Crippen LogP) is 2.59. The number of allylic oxidation sites excluding steroid dienone is 1. The molecule has 0 radical (unpaired) electrons. The van der Waals surface area contributed by atoms with Gasteiger partial charge in [-0.1, -0.05) is 6.07 Å². The van der Waals surface area contributed by atoms with E-state index >= 15 is 0 Å². The molecular formula is C15H7IN2O5. The number of halogens is 1. The number of nitrogens with zero attached hydrogens (tertiary/aromatic N) is 2. The molecule has 1 unspecified atom stereocenters. The number of para-hydroxylation sites is 1. The van der Waals surface area contributed by atoms with Gasteiger partial charge in [0, 0.05) is 15.2 Å². The Bertz CT molecular complexity index is 892. The van der Waals surface area contributed by atoms with Crippen LogP contribution in [0.15, 0.2) is 50.8 Å². The van der Waals surface area contributed by atoms with E-state index in [-0.39, 0.29) is 16.8 Å². The van der Waals surface area contributed by atoms with E-state index in [1.807, 2.05) is 22.6 Å². The molecule has 0 saturated carbocycles. The minimum Gasteiger partial charge on any atom is -0.506 e. The summed E-state index contributed by atoms with van der Waals surface area (Å²) in [5.74, 6) is -1.32. The van der Waals surface area contributed by atoms with Crippen LogP contribution in [-0.2, 0) is 4.74 Å². The number of carbonyl (C=O) groups excluding carboxylic acids is 1. The van der Waals surface area contributed by atoms with Gasteiger partial charge in [0.05, 0.1) is 16.1 Å². The molecule has 0 aromatic heterocycles. The van der Waals surface area contributed by atoms with Crippen molar-refractivity contribution in [1.82, 2.24) is 0 Å². The fraction of sp³-hybridized carbons (Fsp3) is 0.0667. The second-order valence-electron chi connectivity index (χ2n) is 4.79. The molecule has 3 rings (SSSR count). The van der Waals surface area contributed by atoms with Crippen LogP contribution in [0.4, 0.5) is 0 Å². The van der Waals surface area contributed by atoms with Gasteiger partial charge in [-0.05, 0) is 40.8 Å². The molecule has 0 aliphatic heterocycles. The van der Waals surface area contributed by atoms with Crippen LogP contribution >= 0.6 is 22.6 Å². The Morgan fingerprint density at radius 3 is 2.83 bits per heavy atom. The van der Waals surface area contributed by atoms with Gasteiger partial charge in [-0.2, -0.15) is 5.26 Å². The maximum Gasteiger partial charge on any atom is 0.342 e. The number of rotatable bonds is 3. The number of hydrogen-bond donors (Lipinski definition) is 1. The SMILES string of the molecule is N#Cc1cccc(C(=O)OC2C3=CC([N+](=O)[O-])=C2C(I)=C3)c1O. The van der Waals surface area contributed by atoms with E-state index in [4.69, 9.17) is 10.00 Å². The van der Waals surface area contributed by atoms with Crippen LogP contribution in [0.25, 0.3) is 0 Å². The highest BCUT2D eigenvalue weighted by molar-refractivity contribution is 14.1. The summed E-state index contributed by atoms with van der Waals surface area (Å²) in [5.41, 5.74) is 0.537. The van der Waals surface area contributed by atoms with Gasteiger partial charge in [0.2, 0.25) is 0 Å². The van der Waals surface area contributed by atoms with Crippen molar-refractivity contribution in [3.8, 4) is 11.8 Å². The standard InChI is InChI=1S/C15H7IN2O5/c16-10-4-8-5-11(18(21)22)12(10)14(8)23-15(20)9-3-1-2-7(6-17)13(9)19/h1-5,14,19H. The first-order valence-electron chi connectivity index (χ1n) is 6.34. The predicted molar refractivity (Wildman–Crippen MR) is 86.2 cm³/mol. The van der Waals surface area contributed by atoms with E-state index in [1.165, 1.54) is 24.3 Å². The normalized spacial score (nSPS) is 18.3. The lowest BCUT2D eigenvalue weighted by Crippen LogP contribution is -2.18. The molecule has 0 heterocycles. The molecule has 1 atom stereocenters. The van der Waals surface area contributed by atoms with Crippen molar-refractivity contribution in [2.45, 2.75) is 6.10 Å². The maximum absolute atomic E-state index is 12.3. The molecule has 0 saturated heterocycles. The lowest BCUT2D eigenvalue weighted by atomic mass is 10.1. The zero-order valence-corrected chi connectivity index (χ0v) is 13.5. The number of nitro groups is 1. The summed E-state index contributed by atoms with van der Waals surface area (Å²) in [7, 11) is 0. The van der Waals surface area contributed by atoms with Crippen LogP contribution in [0.3, 0.4) is 0 Å². The summed E-state index contributed by atoms with van der Waals surface area (Å²) >= 11 is 1.94. The average Bonchev–Trinajstić information content (AvgIpc) is 3.00. The molecule has 8 heteroatoms. The Balaban J connectivity index is 1.91. The Hall–Kier alpha value is -2.67. The van der Waals surface area contributed by atoms with Gasteiger partial charge in [-0.3, -0.25) is 10.1 Å². The first kappa shape index (κ1) is 15.2. The summed E-state index contributed by atoms with van der Waals surface area (Å²) in [6, 6.07) is 5.90. The molecule has 1 N–H and O–H groups in total. The van der Waals surface area contributed by atoms with Crippen LogP contribution < -0.4 is 0 Å². The number of esters is 1. The third kappa shape index (κ3) is 2.39. The molecule has 2 bridgehead atoms. The van der Waals surface area contributed by atoms with Crippen LogP contribution in [0, 0.1) is 21.4 Å². The van der Waals surface area contributed by atoms with E-state index in [9.17, 15) is 20.0 Å². The summed E-state index contributed by atoms with van der Waals surface area (Å²) < 4.78 is 5.96. The van der Waals surface area contributed by atoms with E-state index in [1.54, 1.807) is 12.1 Å². The third-order valence-corrected chi connectivity index (χ3v) is 4.39. The van der Waals surface area contributed by atoms with Gasteiger partial charge < -0.3 is 9.84 Å². The molecule has 0 amide bonds. The van der Waals surface area contributed by atoms with E-state index in [0.717, 1.165) is 0 Å². The second-order valence-corrected chi connectivity index (χ2v) is 5.95. The summed E-state index contributed by atoms with van der Waals surface area (Å²) in [4.78, 5) is 22.8. The van der Waals surface area contributed by atoms with Gasteiger partial charge in [0.15, 0.2) is 6.10 Å². The number of phenols is 1. The Kier molecular flexibility index (Phi) is 3.65. The highest BCUT2D eigenvalue weighted by Gasteiger charge is 2.42. The van der Waals surface area contributed by atoms with Crippen LogP contribution in [-0.4, -0.2) is 22.1 Å². The van der Waals surface area contributed by atoms with Crippen LogP contribution in [0.5, 0.6) is 5.75 Å². The molecule has 23 heavy (non-hydrogen) atoms. The van der Waals surface area contributed by atoms with Crippen LogP contribution in [0.2, 0.25) is 0 Å². The number of nitriles is 1. The van der Waals surface area contributed by atoms with E-state index in [2.05, 4.69) is 0 Å². The molecule has 0 spiro atoms. The lowest BCUT2D eigenvalue weighted by molar-refractivity contribution is -0.419. The number of phenolic OH excluding ortho intramolecular Hbond substituents is 1. The van der Waals surface area contributed by atoms with Crippen molar-refractivity contribution in [3.63, 3.8) is 0 Å². The van der Waals surface area contributed by atoms with Gasteiger partial charge in [-0.25, -0.2) is 4.79 Å². The number of benzene rings is 1. The molecule has 0 fully saturated rings. The monoisotopic (exact) mass is 422 g/mol. The second kappa shape index (κ2) is 5.51. The van der Waals surface area contributed by atoms with Crippen molar-refractivity contribution in [3.05, 3.63) is 72.0 Å². The van der Waals surface area contributed by atoms with E-state index < -0.39 is 22.7 Å². The van der Waals surface area contributed by atoms with E-state index in [0.29, 0.717) is 14.7 Å². The number of ether oxygens (including phenoxy) is 1. The van der Waals surface area contributed by atoms with Crippen molar-refractivity contribution in [2.24, 2.45) is 0 Å². The van der Waals surface area contributed by atoms with Crippen LogP contribution in [0.1, 0.15) is 15.9 Å². The Morgan fingerprint density at radius 2 is 2.17 bits per heavy atom. The highest BCUT2D eigenvalue weighted by Crippen LogP contribution is 2.44. The number of carbonyl (C=O) groups is 1. The highest BCUT2D eigenvalue weighted by atomic mass is 127. The lowest BCUT2D eigenvalue weighted by Gasteiger charge is -2.13. The first-order valence-corrected chi connectivity index (χ1v) is 7.42. The van der Waals surface area contributed by atoms with Crippen molar-refractivity contribution < 1.29 is 19.6 Å². The molecule has 2 aliphatic carbocycles. The number of hydrogen-bond acceptors (Lipinski definition) is 6. The largest absolute Gasteiger partial charge is 0.506 e. The molecule has 7 nitrogen and oxygen atoms in total. The quantitative estimate of drug-likeness (QED) is 0.347. The van der Waals surface area contributed by atoms with Gasteiger partial charge in [0.1, 0.15) is 17.4 Å². The van der Waals surface area contributed by atoms with Gasteiger partial charge in [0.25, 0.3) is 5.70 Å². The fourth-order valence-electron chi connectivity index (χ4n) is 2.45. The zero-order valence-electron chi connectivity index (χ0n) is 11.3. The third-order valence-electron chi connectivity index (χ3n) is 3.49. The zero-order chi connectivity index (χ0) is 16.7. The number of fused-ring (bicyclic) bond motifs is 2. The molecule has 2 aliphatic rings. The minimum absolute atomic E-state index is 0.0500.